The van der Waals surface area contributed by atoms with Crippen molar-refractivity contribution in [3.63, 3.8) is 0 Å². The van der Waals surface area contributed by atoms with Crippen LogP contribution in [0.25, 0.3) is 0 Å². The molecule has 4 bridgehead atoms. The number of benzene rings is 1. The maximum atomic E-state index is 11.7. The molecule has 2 aliphatic rings. The van der Waals surface area contributed by atoms with Gasteiger partial charge in [0.2, 0.25) is 0 Å². The Bertz CT molecular complexity index is 879. The molecule has 0 spiro atoms. The highest BCUT2D eigenvalue weighted by atomic mass is 32.1. The third-order valence-corrected chi connectivity index (χ3v) is 5.57. The molecular formula is C20H24N4O4S. The van der Waals surface area contributed by atoms with E-state index in [0.29, 0.717) is 41.6 Å². The van der Waals surface area contributed by atoms with Gasteiger partial charge in [-0.3, -0.25) is 5.41 Å². The maximum Gasteiger partial charge on any atom is 0.407 e. The molecule has 154 valence electrons. The minimum atomic E-state index is -0.480. The van der Waals surface area contributed by atoms with E-state index >= 15 is 0 Å². The molecule has 4 rings (SSSR count). The van der Waals surface area contributed by atoms with Crippen LogP contribution in [0.15, 0.2) is 23.6 Å². The normalized spacial score (nSPS) is 20.5. The molecule has 1 aromatic carbocycles. The number of ether oxygens (including phenoxy) is 3. The van der Waals surface area contributed by atoms with Crippen LogP contribution >= 0.6 is 11.3 Å². The largest absolute Gasteiger partial charge is 0.494 e. The zero-order valence-corrected chi connectivity index (χ0v) is 16.8. The quantitative estimate of drug-likeness (QED) is 0.692. The van der Waals surface area contributed by atoms with Gasteiger partial charge in [-0.05, 0) is 43.9 Å². The predicted octanol–water partition coefficient (Wildman–Crippen LogP) is 3.51. The van der Waals surface area contributed by atoms with Crippen LogP contribution in [0.1, 0.15) is 41.9 Å². The summed E-state index contributed by atoms with van der Waals surface area (Å²) in [5.41, 5.74) is 2.35. The molecule has 1 atom stereocenters. The summed E-state index contributed by atoms with van der Waals surface area (Å²) in [6.45, 7) is 1.74. The van der Waals surface area contributed by atoms with Crippen molar-refractivity contribution in [1.29, 1.82) is 5.41 Å². The second-order valence-electron chi connectivity index (χ2n) is 6.91. The van der Waals surface area contributed by atoms with Crippen LogP contribution < -0.4 is 15.4 Å². The van der Waals surface area contributed by atoms with E-state index in [0.717, 1.165) is 31.6 Å². The molecule has 8 nitrogen and oxygen atoms in total. The zero-order chi connectivity index (χ0) is 20.1. The predicted molar refractivity (Wildman–Crippen MR) is 110 cm³/mol. The molecule has 29 heavy (non-hydrogen) atoms. The van der Waals surface area contributed by atoms with Gasteiger partial charge in [0.1, 0.15) is 23.6 Å². The summed E-state index contributed by atoms with van der Waals surface area (Å²) < 4.78 is 16.8. The zero-order valence-electron chi connectivity index (χ0n) is 16.0. The highest BCUT2D eigenvalue weighted by Gasteiger charge is 2.19. The molecule has 1 fully saturated rings. The number of nitrogens with one attached hydrogen (secondary N) is 3. The fourth-order valence-corrected chi connectivity index (χ4v) is 3.93. The van der Waals surface area contributed by atoms with E-state index in [1.165, 1.54) is 11.3 Å². The van der Waals surface area contributed by atoms with Crippen LogP contribution in [0.4, 0.5) is 10.5 Å². The first-order valence-corrected chi connectivity index (χ1v) is 10.7. The average molecular weight is 417 g/mol. The third kappa shape index (κ3) is 5.04. The van der Waals surface area contributed by atoms with E-state index in [9.17, 15) is 4.79 Å². The molecule has 1 amide bonds. The van der Waals surface area contributed by atoms with Crippen molar-refractivity contribution in [2.24, 2.45) is 0 Å². The van der Waals surface area contributed by atoms with Crippen molar-refractivity contribution in [3.05, 3.63) is 39.8 Å². The number of carbonyl (C=O) groups excluding carboxylic acids is 1. The Balaban J connectivity index is 1.63. The highest BCUT2D eigenvalue weighted by Crippen LogP contribution is 2.28. The Kier molecular flexibility index (Phi) is 6.26. The second-order valence-corrected chi connectivity index (χ2v) is 7.86. The molecule has 3 heterocycles. The average Bonchev–Trinajstić information content (AvgIpc) is 3.21. The number of nitrogens with zero attached hydrogens (tertiary/aromatic N) is 1. The minimum Gasteiger partial charge on any atom is -0.494 e. The first-order valence-electron chi connectivity index (χ1n) is 9.78. The lowest BCUT2D eigenvalue weighted by molar-refractivity contribution is 0.0343. The standard InChI is InChI=1S/C20H24N4O4S/c21-19-14-10-13(5-6-15(14)23-17-4-1-2-8-27-17)26-9-3-7-22-20(25)28-11-18-24-16(19)12-29-18/h5-6,10,12,17,21,23H,1-4,7-9,11H2,(H,22,25). The fourth-order valence-electron chi connectivity index (χ4n) is 3.23. The minimum absolute atomic E-state index is 0.0624. The topological polar surface area (TPSA) is 106 Å². The summed E-state index contributed by atoms with van der Waals surface area (Å²) in [4.78, 5) is 16.2. The summed E-state index contributed by atoms with van der Waals surface area (Å²) in [6, 6.07) is 5.67. The van der Waals surface area contributed by atoms with Crippen LogP contribution in [0.2, 0.25) is 0 Å². The number of cyclic esters (lactones) is 1. The van der Waals surface area contributed by atoms with Crippen LogP contribution in [0.5, 0.6) is 5.75 Å². The van der Waals surface area contributed by atoms with Crippen LogP contribution in [0, 0.1) is 5.41 Å². The van der Waals surface area contributed by atoms with E-state index in [2.05, 4.69) is 15.6 Å². The monoisotopic (exact) mass is 416 g/mol. The number of rotatable bonds is 2. The first kappa shape index (κ1) is 19.7. The summed E-state index contributed by atoms with van der Waals surface area (Å²) in [5.74, 6) is 0.674. The molecule has 2 aliphatic heterocycles. The van der Waals surface area contributed by atoms with E-state index in [4.69, 9.17) is 19.6 Å². The fraction of sp³-hybridized carbons (Fsp3) is 0.450. The van der Waals surface area contributed by atoms with Crippen molar-refractivity contribution in [3.8, 4) is 5.75 Å². The van der Waals surface area contributed by atoms with Crippen molar-refractivity contribution in [2.75, 3.05) is 25.1 Å². The molecule has 0 aliphatic carbocycles. The SMILES string of the molecule is N=C1c2csc(n2)COC(=O)NCCCOc2ccc(NC3CCCCO3)c1c2. The van der Waals surface area contributed by atoms with E-state index in [1.54, 1.807) is 5.38 Å². The number of carbonyl (C=O) groups is 1. The number of aromatic nitrogens is 1. The van der Waals surface area contributed by atoms with Gasteiger partial charge in [0.25, 0.3) is 0 Å². The van der Waals surface area contributed by atoms with Crippen LogP contribution in [0.3, 0.4) is 0 Å². The molecule has 3 N–H and O–H groups in total. The Hall–Kier alpha value is -2.65. The Labute approximate surface area is 173 Å². The first-order chi connectivity index (χ1) is 14.2. The molecule has 0 saturated carbocycles. The molecule has 0 radical (unpaired) electrons. The second kappa shape index (κ2) is 9.23. The van der Waals surface area contributed by atoms with Crippen LogP contribution in [-0.4, -0.2) is 42.8 Å². The van der Waals surface area contributed by atoms with E-state index in [-0.39, 0.29) is 18.5 Å². The highest BCUT2D eigenvalue weighted by molar-refractivity contribution is 7.09. The smallest absolute Gasteiger partial charge is 0.407 e. The van der Waals surface area contributed by atoms with Gasteiger partial charge in [-0.25, -0.2) is 9.78 Å². The summed E-state index contributed by atoms with van der Waals surface area (Å²) in [7, 11) is 0. The number of fused-ring (bicyclic) bond motifs is 4. The van der Waals surface area contributed by atoms with E-state index in [1.807, 2.05) is 18.2 Å². The van der Waals surface area contributed by atoms with Gasteiger partial charge in [0.15, 0.2) is 0 Å². The number of thiazole rings is 1. The van der Waals surface area contributed by atoms with Crippen molar-refractivity contribution < 1.29 is 19.0 Å². The number of anilines is 1. The van der Waals surface area contributed by atoms with Crippen LogP contribution in [-0.2, 0) is 16.1 Å². The summed E-state index contributed by atoms with van der Waals surface area (Å²) in [6.07, 6.45) is 3.24. The summed E-state index contributed by atoms with van der Waals surface area (Å²) >= 11 is 1.36. The van der Waals surface area contributed by atoms with E-state index < -0.39 is 6.09 Å². The van der Waals surface area contributed by atoms with Gasteiger partial charge in [0, 0.05) is 29.8 Å². The lowest BCUT2D eigenvalue weighted by Crippen LogP contribution is -2.28. The molecule has 1 aromatic heterocycles. The number of amides is 1. The lowest BCUT2D eigenvalue weighted by Gasteiger charge is -2.26. The molecule has 9 heteroatoms. The Morgan fingerprint density at radius 3 is 3.00 bits per heavy atom. The molecule has 2 aromatic rings. The number of alkyl carbamates (subject to hydrolysis) is 1. The molecule has 1 saturated heterocycles. The molecular weight excluding hydrogens is 392 g/mol. The van der Waals surface area contributed by atoms with Crippen molar-refractivity contribution in [1.82, 2.24) is 10.3 Å². The maximum absolute atomic E-state index is 11.7. The number of hydrogen-bond donors (Lipinski definition) is 3. The van der Waals surface area contributed by atoms with Gasteiger partial charge in [-0.2, -0.15) is 0 Å². The third-order valence-electron chi connectivity index (χ3n) is 4.75. The Morgan fingerprint density at radius 2 is 2.14 bits per heavy atom. The van der Waals surface area contributed by atoms with Crippen molar-refractivity contribution in [2.45, 2.75) is 38.5 Å². The number of hydrogen-bond acceptors (Lipinski definition) is 8. The Morgan fingerprint density at radius 1 is 1.21 bits per heavy atom. The van der Waals surface area contributed by atoms with Gasteiger partial charge in [-0.1, -0.05) is 0 Å². The van der Waals surface area contributed by atoms with Gasteiger partial charge in [0.05, 0.1) is 18.0 Å². The summed E-state index contributed by atoms with van der Waals surface area (Å²) in [5, 5.41) is 17.3. The molecule has 1 unspecified atom stereocenters. The van der Waals surface area contributed by atoms with Gasteiger partial charge in [-0.15, -0.1) is 11.3 Å². The van der Waals surface area contributed by atoms with Crippen molar-refractivity contribution >= 4 is 28.8 Å². The van der Waals surface area contributed by atoms with Gasteiger partial charge < -0.3 is 24.8 Å². The van der Waals surface area contributed by atoms with Gasteiger partial charge >= 0.3 is 6.09 Å². The lowest BCUT2D eigenvalue weighted by atomic mass is 10.0.